The second-order valence-electron chi connectivity index (χ2n) is 4.20. The minimum Gasteiger partial charge on any atom is -0.480 e. The third-order valence-corrected chi connectivity index (χ3v) is 2.37. The predicted octanol–water partition coefficient (Wildman–Crippen LogP) is 2.16. The Kier molecular flexibility index (Phi) is 4.47. The zero-order chi connectivity index (χ0) is 10.6. The van der Waals surface area contributed by atoms with Crippen molar-refractivity contribution in [1.82, 2.24) is 0 Å². The van der Waals surface area contributed by atoms with Crippen molar-refractivity contribution in [2.45, 2.75) is 39.4 Å². The third kappa shape index (κ3) is 6.63. The normalized spacial score (nSPS) is 13.8. The summed E-state index contributed by atoms with van der Waals surface area (Å²) >= 11 is 0.896. The van der Waals surface area contributed by atoms with Crippen molar-refractivity contribution in [3.05, 3.63) is 0 Å². The summed E-state index contributed by atoms with van der Waals surface area (Å²) in [5, 5.41) is 8.06. The van der Waals surface area contributed by atoms with Crippen LogP contribution in [0.15, 0.2) is 0 Å². The Bertz CT molecular complexity index is 205. The lowest BCUT2D eigenvalue weighted by Gasteiger charge is -2.21. The van der Waals surface area contributed by atoms with Crippen LogP contribution in [0.5, 0.6) is 0 Å². The maximum Gasteiger partial charge on any atom is 0.317 e. The Morgan fingerprint density at radius 3 is 2.08 bits per heavy atom. The summed E-state index contributed by atoms with van der Waals surface area (Å²) in [6.07, 6.45) is 0.507. The summed E-state index contributed by atoms with van der Waals surface area (Å²) in [6.45, 7) is 7.28. The van der Waals surface area contributed by atoms with Gasteiger partial charge < -0.3 is 5.11 Å². The summed E-state index contributed by atoms with van der Waals surface area (Å²) < 4.78 is 0. The highest BCUT2D eigenvalue weighted by atomic mass is 32.2. The number of aliphatic carboxylic acids is 1. The van der Waals surface area contributed by atoms with E-state index in [1.54, 1.807) is 0 Å². The molecule has 0 aliphatic carbocycles. The van der Waals surface area contributed by atoms with Crippen molar-refractivity contribution in [3.63, 3.8) is 0 Å². The second-order valence-corrected chi connectivity index (χ2v) is 5.58. The van der Waals surface area contributed by atoms with Gasteiger partial charge >= 0.3 is 5.97 Å². The quantitative estimate of drug-likeness (QED) is 0.765. The first-order valence-electron chi connectivity index (χ1n) is 4.12. The van der Waals surface area contributed by atoms with Crippen molar-refractivity contribution in [2.24, 2.45) is 5.41 Å². The van der Waals surface area contributed by atoms with Crippen LogP contribution < -0.4 is 0 Å². The first-order chi connectivity index (χ1) is 5.72. The van der Waals surface area contributed by atoms with Gasteiger partial charge in [-0.1, -0.05) is 32.5 Å². The minimum atomic E-state index is -0.907. The molecule has 0 heterocycles. The van der Waals surface area contributed by atoms with Gasteiger partial charge in [-0.2, -0.15) is 0 Å². The van der Waals surface area contributed by atoms with Crippen LogP contribution in [0.1, 0.15) is 34.1 Å². The highest BCUT2D eigenvalue weighted by molar-refractivity contribution is 8.14. The number of hydrogen-bond donors (Lipinski definition) is 1. The molecule has 0 saturated heterocycles. The standard InChI is InChI=1S/C9H16O3S/c1-6(10)13-7(8(11)12)5-9(2,3)4/h7H,5H2,1-4H3,(H,11,12)/t7-/m0/s1. The average molecular weight is 204 g/mol. The maximum absolute atomic E-state index is 10.7. The van der Waals surface area contributed by atoms with E-state index in [1.807, 2.05) is 20.8 Å². The fourth-order valence-corrected chi connectivity index (χ4v) is 2.02. The van der Waals surface area contributed by atoms with Gasteiger partial charge in [0.2, 0.25) is 0 Å². The van der Waals surface area contributed by atoms with Gasteiger partial charge in [0.05, 0.1) is 0 Å². The van der Waals surface area contributed by atoms with Crippen LogP contribution >= 0.6 is 11.8 Å². The second kappa shape index (κ2) is 4.65. The van der Waals surface area contributed by atoms with E-state index in [9.17, 15) is 9.59 Å². The number of carboxylic acid groups (broad SMARTS) is 1. The van der Waals surface area contributed by atoms with Gasteiger partial charge in [-0.05, 0) is 11.8 Å². The van der Waals surface area contributed by atoms with E-state index in [0.717, 1.165) is 11.8 Å². The molecule has 0 fully saturated rings. The molecule has 0 saturated carbocycles. The van der Waals surface area contributed by atoms with Gasteiger partial charge in [-0.3, -0.25) is 9.59 Å². The highest BCUT2D eigenvalue weighted by Crippen LogP contribution is 2.28. The van der Waals surface area contributed by atoms with Gasteiger partial charge in [0.15, 0.2) is 5.12 Å². The number of hydrogen-bond acceptors (Lipinski definition) is 3. The summed E-state index contributed by atoms with van der Waals surface area (Å²) in [4.78, 5) is 21.5. The zero-order valence-electron chi connectivity index (χ0n) is 8.46. The molecule has 0 amide bonds. The first kappa shape index (κ1) is 12.5. The Morgan fingerprint density at radius 1 is 1.38 bits per heavy atom. The van der Waals surface area contributed by atoms with Crippen LogP contribution in [0, 0.1) is 5.41 Å². The smallest absolute Gasteiger partial charge is 0.317 e. The van der Waals surface area contributed by atoms with Crippen LogP contribution in [-0.2, 0) is 9.59 Å². The Balaban J connectivity index is 4.27. The number of carboxylic acids is 1. The Hall–Kier alpha value is -0.510. The van der Waals surface area contributed by atoms with Crippen LogP contribution in [-0.4, -0.2) is 21.4 Å². The first-order valence-corrected chi connectivity index (χ1v) is 5.00. The fourth-order valence-electron chi connectivity index (χ4n) is 0.936. The minimum absolute atomic E-state index is 0.0640. The molecule has 0 aromatic heterocycles. The summed E-state index contributed by atoms with van der Waals surface area (Å²) in [5.41, 5.74) is -0.0640. The molecule has 1 atom stereocenters. The molecule has 76 valence electrons. The molecular weight excluding hydrogens is 188 g/mol. The molecule has 0 bridgehead atoms. The average Bonchev–Trinajstić information content (AvgIpc) is 1.81. The number of carbonyl (C=O) groups excluding carboxylic acids is 1. The molecule has 1 N–H and O–H groups in total. The fraction of sp³-hybridized carbons (Fsp3) is 0.778. The summed E-state index contributed by atoms with van der Waals surface area (Å²) in [7, 11) is 0. The topological polar surface area (TPSA) is 54.4 Å². The SMILES string of the molecule is CC(=O)S[C@@H](CC(C)(C)C)C(=O)O. The lowest BCUT2D eigenvalue weighted by molar-refractivity contribution is -0.137. The molecule has 0 aromatic rings. The molecular formula is C9H16O3S. The van der Waals surface area contributed by atoms with E-state index in [2.05, 4.69) is 0 Å². The van der Waals surface area contributed by atoms with Crippen LogP contribution in [0.4, 0.5) is 0 Å². The highest BCUT2D eigenvalue weighted by Gasteiger charge is 2.26. The lowest BCUT2D eigenvalue weighted by Crippen LogP contribution is -2.24. The van der Waals surface area contributed by atoms with E-state index in [-0.39, 0.29) is 10.5 Å². The molecule has 0 radical (unpaired) electrons. The van der Waals surface area contributed by atoms with E-state index in [1.165, 1.54) is 6.92 Å². The molecule has 4 heteroatoms. The molecule has 0 rings (SSSR count). The van der Waals surface area contributed by atoms with Crippen molar-refractivity contribution in [3.8, 4) is 0 Å². The van der Waals surface area contributed by atoms with Gasteiger partial charge in [-0.25, -0.2) is 0 Å². The Morgan fingerprint density at radius 2 is 1.85 bits per heavy atom. The number of thioether (sulfide) groups is 1. The van der Waals surface area contributed by atoms with E-state index >= 15 is 0 Å². The molecule has 3 nitrogen and oxygen atoms in total. The lowest BCUT2D eigenvalue weighted by atomic mass is 9.90. The largest absolute Gasteiger partial charge is 0.480 e. The van der Waals surface area contributed by atoms with Gasteiger partial charge in [0.25, 0.3) is 0 Å². The summed E-state index contributed by atoms with van der Waals surface area (Å²) in [6, 6.07) is 0. The molecule has 0 aliphatic heterocycles. The number of carbonyl (C=O) groups is 2. The predicted molar refractivity (Wildman–Crippen MR) is 53.8 cm³/mol. The zero-order valence-corrected chi connectivity index (χ0v) is 9.27. The number of rotatable bonds is 3. The van der Waals surface area contributed by atoms with E-state index < -0.39 is 11.2 Å². The van der Waals surface area contributed by atoms with E-state index in [4.69, 9.17) is 5.11 Å². The van der Waals surface area contributed by atoms with Crippen molar-refractivity contribution in [1.29, 1.82) is 0 Å². The molecule has 0 aromatic carbocycles. The van der Waals surface area contributed by atoms with Gasteiger partial charge in [-0.15, -0.1) is 0 Å². The van der Waals surface area contributed by atoms with Gasteiger partial charge in [0.1, 0.15) is 5.25 Å². The summed E-state index contributed by atoms with van der Waals surface area (Å²) in [5.74, 6) is -0.907. The van der Waals surface area contributed by atoms with Crippen molar-refractivity contribution in [2.75, 3.05) is 0 Å². The van der Waals surface area contributed by atoms with E-state index in [0.29, 0.717) is 6.42 Å². The van der Waals surface area contributed by atoms with Crippen LogP contribution in [0.2, 0.25) is 0 Å². The Labute approximate surface area is 82.9 Å². The molecule has 13 heavy (non-hydrogen) atoms. The third-order valence-electron chi connectivity index (χ3n) is 1.38. The van der Waals surface area contributed by atoms with Crippen molar-refractivity contribution < 1.29 is 14.7 Å². The van der Waals surface area contributed by atoms with Crippen LogP contribution in [0.3, 0.4) is 0 Å². The maximum atomic E-state index is 10.7. The molecule has 0 spiro atoms. The van der Waals surface area contributed by atoms with Crippen LogP contribution in [0.25, 0.3) is 0 Å². The van der Waals surface area contributed by atoms with Crippen molar-refractivity contribution >= 4 is 22.8 Å². The molecule has 0 unspecified atom stereocenters. The monoisotopic (exact) mass is 204 g/mol. The molecule has 0 aliphatic rings. The van der Waals surface area contributed by atoms with Gasteiger partial charge in [0, 0.05) is 6.92 Å².